The second-order valence-corrected chi connectivity index (χ2v) is 10.9. The van der Waals surface area contributed by atoms with E-state index in [4.69, 9.17) is 9.47 Å². The van der Waals surface area contributed by atoms with Gasteiger partial charge >= 0.3 is 0 Å². The molecule has 0 N–H and O–H groups in total. The molecule has 0 saturated heterocycles. The lowest BCUT2D eigenvalue weighted by Gasteiger charge is -2.15. The third-order valence-corrected chi connectivity index (χ3v) is 7.33. The van der Waals surface area contributed by atoms with E-state index in [1.54, 1.807) is 7.11 Å². The molecule has 3 aromatic carbocycles. The zero-order valence-corrected chi connectivity index (χ0v) is 25.5. The number of nitriles is 2. The van der Waals surface area contributed by atoms with Crippen LogP contribution in [0.4, 0.5) is 0 Å². The van der Waals surface area contributed by atoms with E-state index >= 15 is 0 Å². The molecule has 39 heavy (non-hydrogen) atoms. The van der Waals surface area contributed by atoms with Crippen molar-refractivity contribution in [3.05, 3.63) is 91.9 Å². The zero-order valence-electron chi connectivity index (χ0n) is 22.3. The van der Waals surface area contributed by atoms with Gasteiger partial charge < -0.3 is 9.47 Å². The van der Waals surface area contributed by atoms with Crippen molar-refractivity contribution in [2.24, 2.45) is 0 Å². The molecule has 0 aromatic heterocycles. The molecular formula is C33H32Br2N2O2. The summed E-state index contributed by atoms with van der Waals surface area (Å²) in [5.41, 5.74) is 4.13. The van der Waals surface area contributed by atoms with E-state index in [1.165, 1.54) is 25.7 Å². The molecule has 0 atom stereocenters. The Morgan fingerprint density at radius 2 is 1.18 bits per heavy atom. The van der Waals surface area contributed by atoms with Crippen LogP contribution < -0.4 is 9.47 Å². The van der Waals surface area contributed by atoms with E-state index in [-0.39, 0.29) is 0 Å². The van der Waals surface area contributed by atoms with Gasteiger partial charge in [0, 0.05) is 20.1 Å². The second kappa shape index (κ2) is 15.9. The molecule has 3 aromatic rings. The van der Waals surface area contributed by atoms with Crippen molar-refractivity contribution in [2.75, 3.05) is 13.7 Å². The molecule has 0 unspecified atom stereocenters. The lowest BCUT2D eigenvalue weighted by molar-refractivity contribution is 0.303. The number of allylic oxidation sites excluding steroid dienone is 2. The van der Waals surface area contributed by atoms with Crippen molar-refractivity contribution in [1.29, 1.82) is 10.5 Å². The molecular weight excluding hydrogens is 616 g/mol. The Bertz CT molecular complexity index is 1380. The van der Waals surface area contributed by atoms with E-state index in [9.17, 15) is 10.5 Å². The molecule has 200 valence electrons. The van der Waals surface area contributed by atoms with Crippen LogP contribution in [0.3, 0.4) is 0 Å². The Balaban J connectivity index is 2.01. The minimum atomic E-state index is 0.513. The van der Waals surface area contributed by atoms with Crippen LogP contribution in [0.15, 0.2) is 69.6 Å². The van der Waals surface area contributed by atoms with Crippen LogP contribution in [0.5, 0.6) is 11.5 Å². The molecule has 4 nitrogen and oxygen atoms in total. The van der Waals surface area contributed by atoms with Crippen LogP contribution >= 0.6 is 31.9 Å². The zero-order chi connectivity index (χ0) is 28.0. The summed E-state index contributed by atoms with van der Waals surface area (Å²) in [5, 5.41) is 19.8. The van der Waals surface area contributed by atoms with Crippen molar-refractivity contribution in [1.82, 2.24) is 0 Å². The monoisotopic (exact) mass is 646 g/mol. The van der Waals surface area contributed by atoms with Gasteiger partial charge in [-0.2, -0.15) is 10.5 Å². The number of rotatable bonds is 13. The number of methoxy groups -OCH3 is 1. The van der Waals surface area contributed by atoms with Gasteiger partial charge in [0.2, 0.25) is 0 Å². The van der Waals surface area contributed by atoms with Crippen molar-refractivity contribution < 1.29 is 9.47 Å². The molecule has 0 heterocycles. The number of halogens is 2. The highest BCUT2D eigenvalue weighted by Crippen LogP contribution is 2.35. The van der Waals surface area contributed by atoms with E-state index in [1.807, 2.05) is 72.8 Å². The summed E-state index contributed by atoms with van der Waals surface area (Å²) in [5.74, 6) is 1.24. The molecule has 0 saturated carbocycles. The Hall–Kier alpha value is -3.32. The summed E-state index contributed by atoms with van der Waals surface area (Å²) < 4.78 is 13.9. The number of hydrogen-bond acceptors (Lipinski definition) is 4. The highest BCUT2D eigenvalue weighted by Gasteiger charge is 2.13. The van der Waals surface area contributed by atoms with Gasteiger partial charge in [-0.1, -0.05) is 95.2 Å². The van der Waals surface area contributed by atoms with Crippen LogP contribution in [0.2, 0.25) is 0 Å². The smallest absolute Gasteiger partial charge is 0.127 e. The quantitative estimate of drug-likeness (QED) is 0.105. The normalized spacial score (nSPS) is 11.5. The number of nitrogens with zero attached hydrogens (tertiary/aromatic N) is 2. The Morgan fingerprint density at radius 3 is 1.67 bits per heavy atom. The minimum absolute atomic E-state index is 0.513. The van der Waals surface area contributed by atoms with E-state index in [0.29, 0.717) is 29.3 Å². The summed E-state index contributed by atoms with van der Waals surface area (Å²) >= 11 is 6.90. The summed E-state index contributed by atoms with van der Waals surface area (Å²) in [7, 11) is 1.60. The van der Waals surface area contributed by atoms with Crippen molar-refractivity contribution in [3.63, 3.8) is 0 Å². The standard InChI is InChI=1S/C33H32Br2N2O2/c1-3-4-5-6-7-8-17-39-33-21-26(18-28(22-36)24-9-13-30(34)14-10-24)32(38-2)20-27(33)19-29(23-37)25-11-15-31(35)16-12-25/h9-16,18-21H,3-8,17H2,1-2H3/b28-18+,29-19-. The number of hydrogen-bond donors (Lipinski definition) is 0. The number of benzene rings is 3. The first-order chi connectivity index (χ1) is 19.0. The van der Waals surface area contributed by atoms with Gasteiger partial charge in [0.1, 0.15) is 11.5 Å². The Kier molecular flexibility index (Phi) is 12.4. The van der Waals surface area contributed by atoms with Crippen LogP contribution in [-0.4, -0.2) is 13.7 Å². The first-order valence-electron chi connectivity index (χ1n) is 13.1. The Morgan fingerprint density at radius 1 is 0.718 bits per heavy atom. The van der Waals surface area contributed by atoms with Gasteiger partial charge in [0.25, 0.3) is 0 Å². The topological polar surface area (TPSA) is 66.0 Å². The van der Waals surface area contributed by atoms with Gasteiger partial charge in [-0.25, -0.2) is 0 Å². The van der Waals surface area contributed by atoms with Crippen LogP contribution in [-0.2, 0) is 0 Å². The average molecular weight is 648 g/mol. The summed E-state index contributed by atoms with van der Waals surface area (Å²) in [6.07, 6.45) is 10.6. The van der Waals surface area contributed by atoms with Crippen molar-refractivity contribution in [2.45, 2.75) is 45.4 Å². The first-order valence-corrected chi connectivity index (χ1v) is 14.7. The fraction of sp³-hybridized carbons (Fsp3) is 0.273. The SMILES string of the molecule is CCCCCCCCOc1cc(/C=C(\C#N)c2ccc(Br)cc2)c(OC)cc1/C=C(/C#N)c1ccc(Br)cc1. The maximum Gasteiger partial charge on any atom is 0.127 e. The lowest BCUT2D eigenvalue weighted by Crippen LogP contribution is -2.01. The minimum Gasteiger partial charge on any atom is -0.496 e. The second-order valence-electron chi connectivity index (χ2n) is 9.10. The summed E-state index contributed by atoms with van der Waals surface area (Å²) in [6, 6.07) is 23.6. The fourth-order valence-corrected chi connectivity index (χ4v) is 4.64. The maximum absolute atomic E-state index is 9.94. The van der Waals surface area contributed by atoms with Crippen LogP contribution in [0, 0.1) is 22.7 Å². The van der Waals surface area contributed by atoms with Crippen LogP contribution in [0.1, 0.15) is 67.7 Å². The van der Waals surface area contributed by atoms with Crippen LogP contribution in [0.25, 0.3) is 23.3 Å². The molecule has 0 amide bonds. The third kappa shape index (κ3) is 9.13. The average Bonchev–Trinajstić information content (AvgIpc) is 2.95. The van der Waals surface area contributed by atoms with Gasteiger partial charge in [0.15, 0.2) is 0 Å². The molecule has 0 spiro atoms. The molecule has 3 rings (SSSR count). The molecule has 0 aliphatic rings. The highest BCUT2D eigenvalue weighted by molar-refractivity contribution is 9.10. The predicted octanol–water partition coefficient (Wildman–Crippen LogP) is 10.1. The molecule has 0 radical (unpaired) electrons. The molecule has 0 bridgehead atoms. The molecule has 0 fully saturated rings. The maximum atomic E-state index is 9.94. The van der Waals surface area contributed by atoms with Crippen molar-refractivity contribution >= 4 is 55.2 Å². The molecule has 6 heteroatoms. The predicted molar refractivity (Wildman–Crippen MR) is 167 cm³/mol. The third-order valence-electron chi connectivity index (χ3n) is 6.27. The van der Waals surface area contributed by atoms with Gasteiger partial charge in [-0.15, -0.1) is 0 Å². The fourth-order valence-electron chi connectivity index (χ4n) is 4.11. The van der Waals surface area contributed by atoms with Gasteiger partial charge in [-0.05, 0) is 66.1 Å². The number of ether oxygens (including phenoxy) is 2. The first kappa shape index (κ1) is 30.2. The molecule has 0 aliphatic carbocycles. The lowest BCUT2D eigenvalue weighted by atomic mass is 9.99. The van der Waals surface area contributed by atoms with E-state index in [0.717, 1.165) is 44.0 Å². The van der Waals surface area contributed by atoms with Gasteiger partial charge in [0.05, 0.1) is 37.0 Å². The molecule has 0 aliphatic heterocycles. The number of unbranched alkanes of at least 4 members (excludes halogenated alkanes) is 5. The Labute approximate surface area is 248 Å². The van der Waals surface area contributed by atoms with E-state index in [2.05, 4.69) is 50.9 Å². The summed E-state index contributed by atoms with van der Waals surface area (Å²) in [6.45, 7) is 2.78. The van der Waals surface area contributed by atoms with Crippen molar-refractivity contribution in [3.8, 4) is 23.6 Å². The summed E-state index contributed by atoms with van der Waals surface area (Å²) in [4.78, 5) is 0. The van der Waals surface area contributed by atoms with E-state index < -0.39 is 0 Å². The largest absolute Gasteiger partial charge is 0.496 e. The van der Waals surface area contributed by atoms with Gasteiger partial charge in [-0.3, -0.25) is 0 Å². The highest BCUT2D eigenvalue weighted by atomic mass is 79.9.